The Morgan fingerprint density at radius 2 is 1.88 bits per heavy atom. The maximum atomic E-state index is 12.5. The molecule has 2 amide bonds. The fourth-order valence-electron chi connectivity index (χ4n) is 3.52. The minimum absolute atomic E-state index is 0.139. The number of carbonyl (C=O) groups is 3. The molecule has 0 radical (unpaired) electrons. The zero-order chi connectivity index (χ0) is 22.9. The Hall–Kier alpha value is -3.26. The van der Waals surface area contributed by atoms with Crippen LogP contribution >= 0.6 is 12.2 Å². The number of nitrogens with zero attached hydrogens (tertiary/aromatic N) is 1. The first-order valence-electron chi connectivity index (χ1n) is 10.6. The first-order chi connectivity index (χ1) is 15.4. The molecule has 1 aliphatic rings. The zero-order valence-corrected chi connectivity index (χ0v) is 18.8. The van der Waals surface area contributed by atoms with E-state index in [0.29, 0.717) is 19.5 Å². The Labute approximate surface area is 193 Å². The predicted molar refractivity (Wildman–Crippen MR) is 125 cm³/mol. The molecule has 1 heterocycles. The maximum Gasteiger partial charge on any atom is 0.308 e. The van der Waals surface area contributed by atoms with Crippen LogP contribution < -0.4 is 10.6 Å². The normalized spacial score (nSPS) is 15.6. The number of aryl methyl sites for hydroxylation is 1. The number of esters is 1. The highest BCUT2D eigenvalue weighted by atomic mass is 32.1. The van der Waals surface area contributed by atoms with Crippen LogP contribution in [0.4, 0.5) is 0 Å². The smallest absolute Gasteiger partial charge is 0.308 e. The zero-order valence-electron chi connectivity index (χ0n) is 18.0. The summed E-state index contributed by atoms with van der Waals surface area (Å²) < 4.78 is 5.32. The summed E-state index contributed by atoms with van der Waals surface area (Å²) in [5.41, 5.74) is 2.99. The van der Waals surface area contributed by atoms with Gasteiger partial charge in [-0.2, -0.15) is 0 Å². The van der Waals surface area contributed by atoms with Gasteiger partial charge in [-0.3, -0.25) is 14.4 Å². The van der Waals surface area contributed by atoms with Crippen LogP contribution in [0.1, 0.15) is 23.1 Å². The van der Waals surface area contributed by atoms with E-state index in [1.165, 1.54) is 0 Å². The van der Waals surface area contributed by atoms with Gasteiger partial charge in [-0.1, -0.05) is 54.6 Å². The van der Waals surface area contributed by atoms with Gasteiger partial charge in [0, 0.05) is 19.5 Å². The second kappa shape index (κ2) is 11.4. The summed E-state index contributed by atoms with van der Waals surface area (Å²) in [6.07, 6.45) is 0.633. The number of ether oxygens (including phenoxy) is 1. The Morgan fingerprint density at radius 1 is 1.16 bits per heavy atom. The van der Waals surface area contributed by atoms with Crippen LogP contribution in [-0.4, -0.2) is 53.5 Å². The number of thiocarbonyl (C=S) groups is 1. The van der Waals surface area contributed by atoms with Gasteiger partial charge in [-0.25, -0.2) is 0 Å². The van der Waals surface area contributed by atoms with Gasteiger partial charge >= 0.3 is 5.97 Å². The van der Waals surface area contributed by atoms with E-state index in [1.807, 2.05) is 61.5 Å². The molecule has 0 bridgehead atoms. The van der Waals surface area contributed by atoms with Crippen molar-refractivity contribution in [3.63, 3.8) is 0 Å². The minimum Gasteiger partial charge on any atom is -0.465 e. The molecule has 1 aliphatic heterocycles. The number of hydrogen-bond acceptors (Lipinski definition) is 5. The van der Waals surface area contributed by atoms with E-state index in [1.54, 1.807) is 4.90 Å². The Kier molecular flexibility index (Phi) is 8.33. The molecule has 0 spiro atoms. The minimum atomic E-state index is -0.820. The fourth-order valence-corrected chi connectivity index (χ4v) is 3.85. The highest BCUT2D eigenvalue weighted by Crippen LogP contribution is 2.12. The van der Waals surface area contributed by atoms with Crippen LogP contribution in [-0.2, 0) is 32.0 Å². The van der Waals surface area contributed by atoms with Crippen molar-refractivity contribution in [3.8, 4) is 0 Å². The molecule has 1 unspecified atom stereocenters. The molecule has 32 heavy (non-hydrogen) atoms. The number of amides is 2. The monoisotopic (exact) mass is 453 g/mol. The molecule has 7 nitrogen and oxygen atoms in total. The summed E-state index contributed by atoms with van der Waals surface area (Å²) in [6.45, 7) is 2.95. The van der Waals surface area contributed by atoms with Crippen molar-refractivity contribution in [2.24, 2.45) is 0 Å². The van der Waals surface area contributed by atoms with E-state index < -0.39 is 12.0 Å². The van der Waals surface area contributed by atoms with E-state index in [0.717, 1.165) is 16.7 Å². The van der Waals surface area contributed by atoms with Crippen LogP contribution in [0.25, 0.3) is 0 Å². The lowest BCUT2D eigenvalue weighted by molar-refractivity contribution is -0.147. The van der Waals surface area contributed by atoms with Crippen molar-refractivity contribution in [1.82, 2.24) is 15.5 Å². The van der Waals surface area contributed by atoms with E-state index in [2.05, 4.69) is 10.6 Å². The van der Waals surface area contributed by atoms with Gasteiger partial charge in [-0.05, 0) is 35.8 Å². The van der Waals surface area contributed by atoms with Gasteiger partial charge in [0.05, 0.1) is 19.4 Å². The lowest BCUT2D eigenvalue weighted by Gasteiger charge is -2.36. The van der Waals surface area contributed by atoms with Crippen molar-refractivity contribution in [2.45, 2.75) is 32.2 Å². The Bertz CT molecular complexity index is 980. The van der Waals surface area contributed by atoms with E-state index in [9.17, 15) is 14.4 Å². The van der Waals surface area contributed by atoms with Crippen LogP contribution in [0.3, 0.4) is 0 Å². The lowest BCUT2D eigenvalue weighted by Crippen LogP contribution is -2.60. The SMILES string of the molecule is Cc1ccccc1CC(=O)NC(=S)N1CCNC(=O)C1CC(=O)OCCc1ccccc1. The van der Waals surface area contributed by atoms with Crippen molar-refractivity contribution in [3.05, 3.63) is 71.3 Å². The summed E-state index contributed by atoms with van der Waals surface area (Å²) in [5, 5.41) is 5.58. The van der Waals surface area contributed by atoms with Gasteiger partial charge in [0.2, 0.25) is 11.8 Å². The lowest BCUT2D eigenvalue weighted by atomic mass is 10.1. The summed E-state index contributed by atoms with van der Waals surface area (Å²) in [6, 6.07) is 16.5. The number of piperazine rings is 1. The molecule has 3 rings (SSSR count). The maximum absolute atomic E-state index is 12.5. The largest absolute Gasteiger partial charge is 0.465 e. The van der Waals surface area contributed by atoms with Crippen LogP contribution in [0.2, 0.25) is 0 Å². The molecule has 1 fully saturated rings. The number of benzene rings is 2. The quantitative estimate of drug-likeness (QED) is 0.492. The van der Waals surface area contributed by atoms with Crippen molar-refractivity contribution in [1.29, 1.82) is 0 Å². The first kappa shape index (κ1) is 23.4. The third kappa shape index (κ3) is 6.62. The first-order valence-corrected chi connectivity index (χ1v) is 11.0. The standard InChI is InChI=1S/C24H27N3O4S/c1-17-7-5-6-10-19(17)15-21(28)26-24(32)27-13-12-25-23(30)20(27)16-22(29)31-14-11-18-8-3-2-4-9-18/h2-10,20H,11-16H2,1H3,(H,25,30)(H,26,28,32). The molecule has 2 aromatic carbocycles. The van der Waals surface area contributed by atoms with Crippen molar-refractivity contribution in [2.75, 3.05) is 19.7 Å². The Morgan fingerprint density at radius 3 is 2.62 bits per heavy atom. The van der Waals surface area contributed by atoms with Crippen LogP contribution in [0.15, 0.2) is 54.6 Å². The average Bonchev–Trinajstić information content (AvgIpc) is 2.77. The van der Waals surface area contributed by atoms with Gasteiger partial charge in [0.1, 0.15) is 6.04 Å². The summed E-state index contributed by atoms with van der Waals surface area (Å²) in [4.78, 5) is 38.9. The van der Waals surface area contributed by atoms with E-state index >= 15 is 0 Å². The molecule has 8 heteroatoms. The highest BCUT2D eigenvalue weighted by molar-refractivity contribution is 7.80. The molecule has 0 aliphatic carbocycles. The van der Waals surface area contributed by atoms with Crippen LogP contribution in [0, 0.1) is 6.92 Å². The highest BCUT2D eigenvalue weighted by Gasteiger charge is 2.34. The Balaban J connectivity index is 1.53. The second-order valence-electron chi connectivity index (χ2n) is 7.62. The van der Waals surface area contributed by atoms with Crippen molar-refractivity contribution < 1.29 is 19.1 Å². The number of carbonyl (C=O) groups excluding carboxylic acids is 3. The molecular formula is C24H27N3O4S. The molecule has 2 aromatic rings. The van der Waals surface area contributed by atoms with E-state index in [4.69, 9.17) is 17.0 Å². The summed E-state index contributed by atoms with van der Waals surface area (Å²) in [5.74, 6) is -1.06. The summed E-state index contributed by atoms with van der Waals surface area (Å²) >= 11 is 5.40. The predicted octanol–water partition coefficient (Wildman–Crippen LogP) is 1.92. The number of nitrogens with one attached hydrogen (secondary N) is 2. The van der Waals surface area contributed by atoms with Gasteiger partial charge in [0.15, 0.2) is 5.11 Å². The third-order valence-corrected chi connectivity index (χ3v) is 5.64. The molecular weight excluding hydrogens is 426 g/mol. The van der Waals surface area contributed by atoms with Gasteiger partial charge in [-0.15, -0.1) is 0 Å². The topological polar surface area (TPSA) is 87.7 Å². The molecule has 0 aromatic heterocycles. The average molecular weight is 454 g/mol. The number of hydrogen-bond donors (Lipinski definition) is 2. The van der Waals surface area contributed by atoms with Gasteiger partial charge in [0.25, 0.3) is 0 Å². The third-order valence-electron chi connectivity index (χ3n) is 5.31. The van der Waals surface area contributed by atoms with Crippen molar-refractivity contribution >= 4 is 35.1 Å². The molecule has 2 N–H and O–H groups in total. The van der Waals surface area contributed by atoms with E-state index in [-0.39, 0.29) is 36.4 Å². The molecule has 0 saturated carbocycles. The summed E-state index contributed by atoms with van der Waals surface area (Å²) in [7, 11) is 0. The number of rotatable bonds is 7. The van der Waals surface area contributed by atoms with Crippen LogP contribution in [0.5, 0.6) is 0 Å². The molecule has 168 valence electrons. The molecule has 1 atom stereocenters. The fraction of sp³-hybridized carbons (Fsp3) is 0.333. The van der Waals surface area contributed by atoms with Gasteiger partial charge < -0.3 is 20.3 Å². The molecule has 1 saturated heterocycles. The second-order valence-corrected chi connectivity index (χ2v) is 8.00.